The van der Waals surface area contributed by atoms with Crippen LogP contribution in [0, 0.1) is 6.92 Å². The summed E-state index contributed by atoms with van der Waals surface area (Å²) in [6.07, 6.45) is 1.14. The number of halogens is 1. The fraction of sp³-hybridized carbons (Fsp3) is 0.318. The average molecular weight is 358 g/mol. The predicted molar refractivity (Wildman–Crippen MR) is 109 cm³/mol. The largest absolute Gasteiger partial charge is 0.380 e. The number of aromatic nitrogens is 1. The first-order valence-corrected chi connectivity index (χ1v) is 9.10. The summed E-state index contributed by atoms with van der Waals surface area (Å²) < 4.78 is 5.06. The van der Waals surface area contributed by atoms with Crippen molar-refractivity contribution in [3.63, 3.8) is 0 Å². The number of fused-ring (bicyclic) bond motifs is 1. The number of methoxy groups -OCH3 is 1. The fourth-order valence-corrected chi connectivity index (χ4v) is 2.47. The summed E-state index contributed by atoms with van der Waals surface area (Å²) in [6, 6.07) is 18.6. The molecule has 0 spiro atoms. The zero-order valence-electron chi connectivity index (χ0n) is 15.8. The molecule has 3 aromatic rings. The molecule has 0 N–H and O–H groups in total. The summed E-state index contributed by atoms with van der Waals surface area (Å²) >= 11 is 6.04. The molecule has 1 aromatic heterocycles. The van der Waals surface area contributed by atoms with Crippen LogP contribution in [-0.4, -0.2) is 12.1 Å². The van der Waals surface area contributed by atoms with Gasteiger partial charge in [-0.1, -0.05) is 74.8 Å². The van der Waals surface area contributed by atoms with Crippen molar-refractivity contribution in [3.8, 4) is 0 Å². The maximum absolute atomic E-state index is 6.04. The molecule has 25 heavy (non-hydrogen) atoms. The van der Waals surface area contributed by atoms with Gasteiger partial charge in [0.2, 0.25) is 0 Å². The molecule has 0 unspecified atom stereocenters. The maximum Gasteiger partial charge on any atom is 0.135 e. The van der Waals surface area contributed by atoms with Crippen molar-refractivity contribution in [1.82, 2.24) is 4.98 Å². The molecule has 2 aromatic carbocycles. The van der Waals surface area contributed by atoms with E-state index in [1.54, 1.807) is 7.11 Å². The highest BCUT2D eigenvalue weighted by Crippen LogP contribution is 2.21. The molecule has 0 saturated heterocycles. The third kappa shape index (κ3) is 6.85. The second-order valence-electron chi connectivity index (χ2n) is 5.41. The van der Waals surface area contributed by atoms with Crippen molar-refractivity contribution >= 4 is 22.5 Å². The van der Waals surface area contributed by atoms with E-state index in [1.165, 1.54) is 11.1 Å². The van der Waals surface area contributed by atoms with Gasteiger partial charge in [0.1, 0.15) is 5.15 Å². The van der Waals surface area contributed by atoms with E-state index < -0.39 is 0 Å². The second kappa shape index (κ2) is 11.6. The summed E-state index contributed by atoms with van der Waals surface area (Å²) in [6.45, 7) is 8.70. The van der Waals surface area contributed by atoms with Gasteiger partial charge in [-0.3, -0.25) is 0 Å². The van der Waals surface area contributed by atoms with E-state index in [4.69, 9.17) is 16.3 Å². The van der Waals surface area contributed by atoms with Gasteiger partial charge in [0.05, 0.1) is 12.1 Å². The Morgan fingerprint density at radius 1 is 1.00 bits per heavy atom. The van der Waals surface area contributed by atoms with Crippen LogP contribution in [0.2, 0.25) is 5.15 Å². The van der Waals surface area contributed by atoms with E-state index in [0.717, 1.165) is 22.9 Å². The van der Waals surface area contributed by atoms with E-state index in [-0.39, 0.29) is 0 Å². The molecule has 0 saturated carbocycles. The Bertz CT molecular complexity index is 757. The molecule has 0 aliphatic heterocycles. The number of hydrogen-bond donors (Lipinski definition) is 0. The number of pyridine rings is 1. The minimum Gasteiger partial charge on any atom is -0.380 e. The molecule has 0 atom stereocenters. The minimum atomic E-state index is 0.496. The van der Waals surface area contributed by atoms with Crippen LogP contribution in [0.3, 0.4) is 0 Å². The zero-order chi connectivity index (χ0) is 18.7. The van der Waals surface area contributed by atoms with Crippen LogP contribution < -0.4 is 0 Å². The lowest BCUT2D eigenvalue weighted by Gasteiger charge is -2.05. The lowest BCUT2D eigenvalue weighted by atomic mass is 10.1. The molecule has 0 fully saturated rings. The van der Waals surface area contributed by atoms with Crippen LogP contribution >= 0.6 is 11.6 Å². The number of rotatable bonds is 3. The molecule has 2 nitrogen and oxygen atoms in total. The Morgan fingerprint density at radius 2 is 1.68 bits per heavy atom. The Labute approximate surface area is 156 Å². The highest BCUT2D eigenvalue weighted by Gasteiger charge is 2.04. The van der Waals surface area contributed by atoms with Crippen LogP contribution in [0.25, 0.3) is 10.9 Å². The van der Waals surface area contributed by atoms with E-state index in [1.807, 2.05) is 45.0 Å². The van der Waals surface area contributed by atoms with Crippen LogP contribution in [0.1, 0.15) is 37.5 Å². The summed E-state index contributed by atoms with van der Waals surface area (Å²) in [7, 11) is 1.65. The Kier molecular flexibility index (Phi) is 9.83. The van der Waals surface area contributed by atoms with Gasteiger partial charge < -0.3 is 4.74 Å². The van der Waals surface area contributed by atoms with Crippen molar-refractivity contribution in [2.75, 3.05) is 7.11 Å². The number of benzene rings is 2. The Hall–Kier alpha value is -1.90. The fourth-order valence-electron chi connectivity index (χ4n) is 2.27. The third-order valence-electron chi connectivity index (χ3n) is 3.55. The van der Waals surface area contributed by atoms with Crippen molar-refractivity contribution in [3.05, 3.63) is 76.4 Å². The third-order valence-corrected chi connectivity index (χ3v) is 3.88. The minimum absolute atomic E-state index is 0.496. The molecule has 0 aliphatic carbocycles. The molecule has 0 aliphatic rings. The first-order chi connectivity index (χ1) is 12.1. The SMILES string of the molecule is CC.CCc1ccccc1.COCc1cc2ccc(C)cc2nc1Cl. The van der Waals surface area contributed by atoms with Crippen LogP contribution in [0.4, 0.5) is 0 Å². The summed E-state index contributed by atoms with van der Waals surface area (Å²) in [4.78, 5) is 4.34. The average Bonchev–Trinajstić information content (AvgIpc) is 2.65. The van der Waals surface area contributed by atoms with Gasteiger partial charge in [-0.2, -0.15) is 0 Å². The molecule has 3 heteroatoms. The van der Waals surface area contributed by atoms with Gasteiger partial charge in [-0.15, -0.1) is 0 Å². The molecular weight excluding hydrogens is 330 g/mol. The van der Waals surface area contributed by atoms with Crippen molar-refractivity contribution in [1.29, 1.82) is 0 Å². The van der Waals surface area contributed by atoms with E-state index in [0.29, 0.717) is 11.8 Å². The van der Waals surface area contributed by atoms with Crippen molar-refractivity contribution < 1.29 is 4.74 Å². The molecule has 0 radical (unpaired) electrons. The van der Waals surface area contributed by atoms with E-state index in [9.17, 15) is 0 Å². The summed E-state index contributed by atoms with van der Waals surface area (Å²) in [5, 5.41) is 1.62. The number of hydrogen-bond acceptors (Lipinski definition) is 2. The highest BCUT2D eigenvalue weighted by atomic mass is 35.5. The van der Waals surface area contributed by atoms with Gasteiger partial charge >= 0.3 is 0 Å². The monoisotopic (exact) mass is 357 g/mol. The Balaban J connectivity index is 0.000000264. The summed E-state index contributed by atoms with van der Waals surface area (Å²) in [5.74, 6) is 0. The summed E-state index contributed by atoms with van der Waals surface area (Å²) in [5.41, 5.74) is 4.45. The number of nitrogens with zero attached hydrogens (tertiary/aromatic N) is 1. The van der Waals surface area contributed by atoms with Gasteiger partial charge in [0.15, 0.2) is 0 Å². The van der Waals surface area contributed by atoms with Gasteiger partial charge in [-0.05, 0) is 36.6 Å². The molecule has 134 valence electrons. The molecule has 1 heterocycles. The highest BCUT2D eigenvalue weighted by molar-refractivity contribution is 6.30. The molecule has 0 bridgehead atoms. The first kappa shape index (κ1) is 21.1. The zero-order valence-corrected chi connectivity index (χ0v) is 16.6. The first-order valence-electron chi connectivity index (χ1n) is 8.72. The van der Waals surface area contributed by atoms with Crippen LogP contribution in [-0.2, 0) is 17.8 Å². The molecular formula is C22H28ClNO. The number of aryl methyl sites for hydroxylation is 2. The predicted octanol–water partition coefficient (Wildman–Crippen LogP) is 6.62. The van der Waals surface area contributed by atoms with E-state index >= 15 is 0 Å². The Morgan fingerprint density at radius 3 is 2.24 bits per heavy atom. The quantitative estimate of drug-likeness (QED) is 0.491. The van der Waals surface area contributed by atoms with Crippen molar-refractivity contribution in [2.24, 2.45) is 0 Å². The van der Waals surface area contributed by atoms with Gasteiger partial charge in [0.25, 0.3) is 0 Å². The van der Waals surface area contributed by atoms with Crippen molar-refractivity contribution in [2.45, 2.75) is 40.7 Å². The van der Waals surface area contributed by atoms with Gasteiger partial charge in [-0.25, -0.2) is 4.98 Å². The smallest absolute Gasteiger partial charge is 0.135 e. The van der Waals surface area contributed by atoms with Crippen LogP contribution in [0.15, 0.2) is 54.6 Å². The topological polar surface area (TPSA) is 22.1 Å². The van der Waals surface area contributed by atoms with Gasteiger partial charge in [0, 0.05) is 18.1 Å². The van der Waals surface area contributed by atoms with Crippen LogP contribution in [0.5, 0.6) is 0 Å². The standard InChI is InChI=1S/C12H12ClNO.C8H10.C2H6/c1-8-3-4-9-6-10(7-15-2)12(13)14-11(9)5-8;1-2-8-6-4-3-5-7-8;1-2/h3-6H,7H2,1-2H3;3-7H,2H2,1H3;1-2H3. The molecule has 3 rings (SSSR count). The normalized spacial score (nSPS) is 9.68. The van der Waals surface area contributed by atoms with E-state index in [2.05, 4.69) is 42.2 Å². The second-order valence-corrected chi connectivity index (χ2v) is 5.76. The molecule has 0 amide bonds. The lowest BCUT2D eigenvalue weighted by Crippen LogP contribution is -1.92. The lowest BCUT2D eigenvalue weighted by molar-refractivity contribution is 0.185. The number of ether oxygens (including phenoxy) is 1. The maximum atomic E-state index is 6.04.